The van der Waals surface area contributed by atoms with Gasteiger partial charge in [0.1, 0.15) is 0 Å². The van der Waals surface area contributed by atoms with E-state index in [2.05, 4.69) is 25.1 Å². The van der Waals surface area contributed by atoms with E-state index < -0.39 is 0 Å². The Kier molecular flexibility index (Phi) is 3.28. The molecule has 0 radical (unpaired) electrons. The molecular formula is C14H14ClN. The predicted octanol–water partition coefficient (Wildman–Crippen LogP) is 3.77. The van der Waals surface area contributed by atoms with Crippen molar-refractivity contribution in [3.63, 3.8) is 0 Å². The maximum absolute atomic E-state index is 6.18. The fourth-order valence-corrected chi connectivity index (χ4v) is 2.08. The molecule has 0 bridgehead atoms. The second-order valence-electron chi connectivity index (χ2n) is 3.89. The molecule has 16 heavy (non-hydrogen) atoms. The summed E-state index contributed by atoms with van der Waals surface area (Å²) in [5.74, 6) is 0. The summed E-state index contributed by atoms with van der Waals surface area (Å²) in [6.07, 6.45) is 0. The van der Waals surface area contributed by atoms with Gasteiger partial charge in [0.25, 0.3) is 0 Å². The lowest BCUT2D eigenvalue weighted by Crippen LogP contribution is -1.97. The first kappa shape index (κ1) is 11.2. The van der Waals surface area contributed by atoms with Gasteiger partial charge in [-0.05, 0) is 30.2 Å². The van der Waals surface area contributed by atoms with Gasteiger partial charge < -0.3 is 5.73 Å². The van der Waals surface area contributed by atoms with E-state index in [0.717, 1.165) is 21.7 Å². The van der Waals surface area contributed by atoms with Crippen LogP contribution >= 0.6 is 11.6 Å². The van der Waals surface area contributed by atoms with Crippen LogP contribution in [-0.2, 0) is 6.54 Å². The standard InChI is InChI=1S/C14H14ClN/c1-10-6-11(9-16)8-12(7-10)13-4-2-3-5-14(13)15/h2-8H,9,16H2,1H3. The molecule has 0 saturated carbocycles. The molecule has 0 aromatic heterocycles. The van der Waals surface area contributed by atoms with Crippen LogP contribution in [0.2, 0.25) is 5.02 Å². The molecule has 1 nitrogen and oxygen atoms in total. The van der Waals surface area contributed by atoms with E-state index >= 15 is 0 Å². The van der Waals surface area contributed by atoms with Gasteiger partial charge >= 0.3 is 0 Å². The molecule has 82 valence electrons. The summed E-state index contributed by atoms with van der Waals surface area (Å²) >= 11 is 6.18. The monoisotopic (exact) mass is 231 g/mol. The summed E-state index contributed by atoms with van der Waals surface area (Å²) < 4.78 is 0. The number of hydrogen-bond acceptors (Lipinski definition) is 1. The Morgan fingerprint density at radius 3 is 2.56 bits per heavy atom. The summed E-state index contributed by atoms with van der Waals surface area (Å²) in [5.41, 5.74) is 10.2. The van der Waals surface area contributed by atoms with Crippen LogP contribution in [0.4, 0.5) is 0 Å². The van der Waals surface area contributed by atoms with Gasteiger partial charge in [-0.15, -0.1) is 0 Å². The van der Waals surface area contributed by atoms with Crippen molar-refractivity contribution in [3.05, 3.63) is 58.6 Å². The minimum atomic E-state index is 0.555. The highest BCUT2D eigenvalue weighted by Gasteiger charge is 2.04. The molecule has 0 spiro atoms. The summed E-state index contributed by atoms with van der Waals surface area (Å²) in [6.45, 7) is 2.62. The highest BCUT2D eigenvalue weighted by molar-refractivity contribution is 6.33. The second kappa shape index (κ2) is 4.69. The molecule has 2 aromatic carbocycles. The molecule has 2 rings (SSSR count). The molecule has 0 aliphatic carbocycles. The van der Waals surface area contributed by atoms with Gasteiger partial charge in [0.2, 0.25) is 0 Å². The number of benzene rings is 2. The quantitative estimate of drug-likeness (QED) is 0.837. The van der Waals surface area contributed by atoms with Crippen molar-refractivity contribution in [3.8, 4) is 11.1 Å². The van der Waals surface area contributed by atoms with Crippen molar-refractivity contribution in [2.24, 2.45) is 5.73 Å². The highest BCUT2D eigenvalue weighted by Crippen LogP contribution is 2.28. The van der Waals surface area contributed by atoms with E-state index in [1.54, 1.807) is 0 Å². The highest BCUT2D eigenvalue weighted by atomic mass is 35.5. The Labute approximate surface area is 101 Å². The fraction of sp³-hybridized carbons (Fsp3) is 0.143. The third kappa shape index (κ3) is 2.26. The second-order valence-corrected chi connectivity index (χ2v) is 4.30. The van der Waals surface area contributed by atoms with Crippen molar-refractivity contribution >= 4 is 11.6 Å². The van der Waals surface area contributed by atoms with E-state index in [0.29, 0.717) is 6.54 Å². The van der Waals surface area contributed by atoms with E-state index in [-0.39, 0.29) is 0 Å². The third-order valence-corrected chi connectivity index (χ3v) is 2.89. The average Bonchev–Trinajstić information content (AvgIpc) is 2.28. The first-order valence-corrected chi connectivity index (χ1v) is 5.64. The van der Waals surface area contributed by atoms with Crippen molar-refractivity contribution in [2.45, 2.75) is 13.5 Å². The number of halogens is 1. The van der Waals surface area contributed by atoms with Crippen LogP contribution in [0.25, 0.3) is 11.1 Å². The molecule has 2 aromatic rings. The molecule has 0 aliphatic heterocycles. The lowest BCUT2D eigenvalue weighted by Gasteiger charge is -2.08. The van der Waals surface area contributed by atoms with E-state index in [4.69, 9.17) is 17.3 Å². The molecule has 2 N–H and O–H groups in total. The fourth-order valence-electron chi connectivity index (χ4n) is 1.83. The maximum atomic E-state index is 6.18. The maximum Gasteiger partial charge on any atom is 0.0484 e. The molecule has 0 amide bonds. The van der Waals surface area contributed by atoms with Crippen LogP contribution in [0.5, 0.6) is 0 Å². The summed E-state index contributed by atoms with van der Waals surface area (Å²) in [4.78, 5) is 0. The Hall–Kier alpha value is -1.31. The van der Waals surface area contributed by atoms with Crippen LogP contribution < -0.4 is 5.73 Å². The molecular weight excluding hydrogens is 218 g/mol. The third-order valence-electron chi connectivity index (χ3n) is 2.56. The first-order valence-electron chi connectivity index (χ1n) is 5.26. The number of hydrogen-bond donors (Lipinski definition) is 1. The Balaban J connectivity index is 2.56. The minimum absolute atomic E-state index is 0.555. The van der Waals surface area contributed by atoms with E-state index in [9.17, 15) is 0 Å². The van der Waals surface area contributed by atoms with Crippen LogP contribution in [0, 0.1) is 6.92 Å². The lowest BCUT2D eigenvalue weighted by atomic mass is 10.0. The van der Waals surface area contributed by atoms with Gasteiger partial charge in [-0.3, -0.25) is 0 Å². The SMILES string of the molecule is Cc1cc(CN)cc(-c2ccccc2Cl)c1. The number of nitrogens with two attached hydrogens (primary N) is 1. The zero-order chi connectivity index (χ0) is 11.5. The predicted molar refractivity (Wildman–Crippen MR) is 69.5 cm³/mol. The Morgan fingerprint density at radius 2 is 1.88 bits per heavy atom. The van der Waals surface area contributed by atoms with Crippen LogP contribution in [0.15, 0.2) is 42.5 Å². The van der Waals surface area contributed by atoms with Crippen molar-refractivity contribution < 1.29 is 0 Å². The Bertz CT molecular complexity index is 506. The van der Waals surface area contributed by atoms with Crippen LogP contribution in [-0.4, -0.2) is 0 Å². The molecule has 2 heteroatoms. The molecule has 0 atom stereocenters. The Morgan fingerprint density at radius 1 is 1.12 bits per heavy atom. The number of aryl methyl sites for hydroxylation is 1. The molecule has 0 heterocycles. The van der Waals surface area contributed by atoms with Gasteiger partial charge in [0, 0.05) is 17.1 Å². The summed E-state index contributed by atoms with van der Waals surface area (Å²) in [6, 6.07) is 14.2. The van der Waals surface area contributed by atoms with Gasteiger partial charge in [-0.2, -0.15) is 0 Å². The van der Waals surface area contributed by atoms with Crippen molar-refractivity contribution in [1.82, 2.24) is 0 Å². The topological polar surface area (TPSA) is 26.0 Å². The summed E-state index contributed by atoms with van der Waals surface area (Å²) in [5, 5.41) is 0.774. The van der Waals surface area contributed by atoms with Gasteiger partial charge in [-0.1, -0.05) is 47.5 Å². The molecule has 0 fully saturated rings. The molecule has 0 unspecified atom stereocenters. The van der Waals surface area contributed by atoms with E-state index in [1.165, 1.54) is 5.56 Å². The number of rotatable bonds is 2. The molecule has 0 aliphatic rings. The average molecular weight is 232 g/mol. The van der Waals surface area contributed by atoms with Gasteiger partial charge in [0.15, 0.2) is 0 Å². The first-order chi connectivity index (χ1) is 7.70. The largest absolute Gasteiger partial charge is 0.326 e. The minimum Gasteiger partial charge on any atom is -0.326 e. The zero-order valence-electron chi connectivity index (χ0n) is 9.20. The smallest absolute Gasteiger partial charge is 0.0484 e. The van der Waals surface area contributed by atoms with Crippen LogP contribution in [0.3, 0.4) is 0 Å². The van der Waals surface area contributed by atoms with Crippen molar-refractivity contribution in [2.75, 3.05) is 0 Å². The summed E-state index contributed by atoms with van der Waals surface area (Å²) in [7, 11) is 0. The van der Waals surface area contributed by atoms with E-state index in [1.807, 2.05) is 24.3 Å². The normalized spacial score (nSPS) is 10.4. The van der Waals surface area contributed by atoms with Gasteiger partial charge in [-0.25, -0.2) is 0 Å². The van der Waals surface area contributed by atoms with Gasteiger partial charge in [0.05, 0.1) is 0 Å². The van der Waals surface area contributed by atoms with Crippen molar-refractivity contribution in [1.29, 1.82) is 0 Å². The lowest BCUT2D eigenvalue weighted by molar-refractivity contribution is 1.07. The molecule has 0 saturated heterocycles. The van der Waals surface area contributed by atoms with Crippen LogP contribution in [0.1, 0.15) is 11.1 Å². The zero-order valence-corrected chi connectivity index (χ0v) is 9.96.